The third-order valence-corrected chi connectivity index (χ3v) is 5.80. The van der Waals surface area contributed by atoms with Crippen molar-refractivity contribution in [1.29, 1.82) is 0 Å². The second-order valence-electron chi connectivity index (χ2n) is 8.17. The van der Waals surface area contributed by atoms with Crippen LogP contribution in [-0.4, -0.2) is 35.6 Å². The van der Waals surface area contributed by atoms with Crippen LogP contribution in [0.3, 0.4) is 0 Å². The Morgan fingerprint density at radius 1 is 0.972 bits per heavy atom. The number of esters is 1. The van der Waals surface area contributed by atoms with Crippen LogP contribution >= 0.6 is 0 Å². The van der Waals surface area contributed by atoms with Gasteiger partial charge in [0.25, 0.3) is 5.91 Å². The average molecular weight is 486 g/mol. The topological polar surface area (TPSA) is 109 Å². The van der Waals surface area contributed by atoms with E-state index in [-0.39, 0.29) is 23.9 Å². The number of hydrogen-bond acceptors (Lipinski definition) is 7. The van der Waals surface area contributed by atoms with E-state index >= 15 is 0 Å². The zero-order valence-electron chi connectivity index (χ0n) is 19.6. The maximum atomic E-state index is 12.9. The summed E-state index contributed by atoms with van der Waals surface area (Å²) in [5.41, 5.74) is 3.63. The Balaban J connectivity index is 1.22. The number of Topliss-reactive ketones (excluding diaryl/α,β-unsaturated/α-hetero) is 1. The number of benzene rings is 2. The summed E-state index contributed by atoms with van der Waals surface area (Å²) in [7, 11) is 0. The van der Waals surface area contributed by atoms with Gasteiger partial charge >= 0.3 is 5.97 Å². The molecular formula is C27H22N2O7. The average Bonchev–Trinajstić information content (AvgIpc) is 3.63. The van der Waals surface area contributed by atoms with Crippen LogP contribution in [-0.2, 0) is 4.74 Å². The zero-order valence-corrected chi connectivity index (χ0v) is 19.6. The molecule has 4 aromatic rings. The third kappa shape index (κ3) is 4.46. The summed E-state index contributed by atoms with van der Waals surface area (Å²) in [5, 5.41) is 2.67. The molecule has 9 heteroatoms. The van der Waals surface area contributed by atoms with Crippen molar-refractivity contribution in [1.82, 2.24) is 4.57 Å². The number of aryl methyl sites for hydroxylation is 1. The maximum absolute atomic E-state index is 12.9. The van der Waals surface area contributed by atoms with E-state index < -0.39 is 18.5 Å². The zero-order chi connectivity index (χ0) is 25.2. The Labute approximate surface area is 206 Å². The third-order valence-electron chi connectivity index (χ3n) is 5.80. The van der Waals surface area contributed by atoms with Crippen LogP contribution in [0, 0.1) is 13.8 Å². The molecule has 1 amide bonds. The summed E-state index contributed by atoms with van der Waals surface area (Å²) < 4.78 is 23.1. The number of fused-ring (bicyclic) bond motifs is 1. The highest BCUT2D eigenvalue weighted by Gasteiger charge is 2.21. The molecule has 3 heterocycles. The Morgan fingerprint density at radius 2 is 1.75 bits per heavy atom. The van der Waals surface area contributed by atoms with Crippen LogP contribution < -0.4 is 14.8 Å². The molecule has 0 radical (unpaired) electrons. The van der Waals surface area contributed by atoms with Gasteiger partial charge in [-0.15, -0.1) is 0 Å². The van der Waals surface area contributed by atoms with Crippen LogP contribution in [0.25, 0.3) is 5.69 Å². The summed E-state index contributed by atoms with van der Waals surface area (Å²) in [5.74, 6) is 0.141. The molecule has 0 atom stereocenters. The number of ether oxygens (including phenoxy) is 3. The van der Waals surface area contributed by atoms with Crippen molar-refractivity contribution in [2.45, 2.75) is 13.8 Å². The minimum absolute atomic E-state index is 0.176. The Kier molecular flexibility index (Phi) is 6.03. The van der Waals surface area contributed by atoms with Gasteiger partial charge in [0.15, 0.2) is 23.9 Å². The molecule has 0 saturated carbocycles. The molecule has 182 valence electrons. The molecule has 0 aliphatic carbocycles. The second kappa shape index (κ2) is 9.46. The number of carbonyl (C=O) groups is 3. The molecule has 2 aromatic heterocycles. The monoisotopic (exact) mass is 486 g/mol. The number of nitrogens with zero attached hydrogens (tertiary/aromatic N) is 1. The van der Waals surface area contributed by atoms with Crippen molar-refractivity contribution in [3.05, 3.63) is 95.2 Å². The van der Waals surface area contributed by atoms with Crippen molar-refractivity contribution in [3.63, 3.8) is 0 Å². The summed E-state index contributed by atoms with van der Waals surface area (Å²) in [4.78, 5) is 37.4. The number of nitrogens with one attached hydrogen (secondary N) is 1. The molecule has 0 saturated heterocycles. The number of ketones is 1. The van der Waals surface area contributed by atoms with E-state index in [4.69, 9.17) is 18.6 Å². The van der Waals surface area contributed by atoms with Crippen molar-refractivity contribution < 1.29 is 33.0 Å². The highest BCUT2D eigenvalue weighted by molar-refractivity contribution is 6.03. The van der Waals surface area contributed by atoms with E-state index in [0.29, 0.717) is 22.7 Å². The van der Waals surface area contributed by atoms with Crippen molar-refractivity contribution in [3.8, 4) is 17.2 Å². The number of anilines is 1. The van der Waals surface area contributed by atoms with Gasteiger partial charge in [-0.05, 0) is 68.4 Å². The lowest BCUT2D eigenvalue weighted by Crippen LogP contribution is -2.15. The fourth-order valence-electron chi connectivity index (χ4n) is 4.05. The summed E-state index contributed by atoms with van der Waals surface area (Å²) in [6, 6.07) is 16.7. The van der Waals surface area contributed by atoms with Crippen molar-refractivity contribution in [2.24, 2.45) is 0 Å². The van der Waals surface area contributed by atoms with Crippen LogP contribution in [0.4, 0.5) is 5.69 Å². The summed E-state index contributed by atoms with van der Waals surface area (Å²) >= 11 is 0. The van der Waals surface area contributed by atoms with Gasteiger partial charge in [0, 0.05) is 34.4 Å². The second-order valence-corrected chi connectivity index (χ2v) is 8.17. The predicted octanol–water partition coefficient (Wildman–Crippen LogP) is 4.71. The van der Waals surface area contributed by atoms with Gasteiger partial charge in [0.1, 0.15) is 0 Å². The minimum Gasteiger partial charge on any atom is -0.459 e. The number of carbonyl (C=O) groups excluding carboxylic acids is 3. The highest BCUT2D eigenvalue weighted by atomic mass is 16.7. The van der Waals surface area contributed by atoms with Crippen LogP contribution in [0.2, 0.25) is 0 Å². The molecule has 9 nitrogen and oxygen atoms in total. The van der Waals surface area contributed by atoms with E-state index in [1.807, 2.05) is 36.6 Å². The van der Waals surface area contributed by atoms with Gasteiger partial charge in [-0.25, -0.2) is 4.79 Å². The van der Waals surface area contributed by atoms with E-state index in [9.17, 15) is 14.4 Å². The molecule has 0 unspecified atom stereocenters. The summed E-state index contributed by atoms with van der Waals surface area (Å²) in [6.45, 7) is 3.51. The molecule has 0 fully saturated rings. The first kappa shape index (κ1) is 23.0. The number of amides is 1. The van der Waals surface area contributed by atoms with Gasteiger partial charge in [-0.2, -0.15) is 0 Å². The molecule has 2 aromatic carbocycles. The molecule has 0 spiro atoms. The molecule has 5 rings (SSSR count). The highest BCUT2D eigenvalue weighted by Crippen LogP contribution is 2.35. The standard InChI is InChI=1S/C27H22N2O7/c1-16-12-21(17(2)29(16)20-9-10-23-25(13-20)36-15-35-23)22(30)14-34-27(32)18-5-7-19(8-6-18)28-26(31)24-4-3-11-33-24/h3-13H,14-15H2,1-2H3,(H,28,31). The number of aromatic nitrogens is 1. The summed E-state index contributed by atoms with van der Waals surface area (Å²) in [6.07, 6.45) is 1.41. The van der Waals surface area contributed by atoms with E-state index in [2.05, 4.69) is 5.32 Å². The van der Waals surface area contributed by atoms with Gasteiger partial charge in [-0.1, -0.05) is 0 Å². The van der Waals surface area contributed by atoms with Crippen molar-refractivity contribution >= 4 is 23.3 Å². The largest absolute Gasteiger partial charge is 0.459 e. The quantitative estimate of drug-likeness (QED) is 0.298. The molecule has 1 aliphatic rings. The van der Waals surface area contributed by atoms with Crippen LogP contribution in [0.15, 0.2) is 71.3 Å². The van der Waals surface area contributed by atoms with E-state index in [1.165, 1.54) is 18.4 Å². The lowest BCUT2D eigenvalue weighted by Gasteiger charge is -2.11. The minimum atomic E-state index is -0.642. The lowest BCUT2D eigenvalue weighted by molar-refractivity contribution is 0.0474. The van der Waals surface area contributed by atoms with Crippen LogP contribution in [0.5, 0.6) is 11.5 Å². The lowest BCUT2D eigenvalue weighted by atomic mass is 10.1. The number of furan rings is 1. The van der Waals surface area contributed by atoms with Gasteiger partial charge in [0.05, 0.1) is 11.8 Å². The molecule has 1 N–H and O–H groups in total. The fourth-order valence-corrected chi connectivity index (χ4v) is 4.05. The first-order chi connectivity index (χ1) is 17.4. The van der Waals surface area contributed by atoms with Gasteiger partial charge < -0.3 is 28.5 Å². The fraction of sp³-hybridized carbons (Fsp3) is 0.148. The van der Waals surface area contributed by atoms with E-state index in [0.717, 1.165) is 17.1 Å². The Bertz CT molecular complexity index is 1450. The number of rotatable bonds is 7. The first-order valence-corrected chi connectivity index (χ1v) is 11.1. The molecule has 36 heavy (non-hydrogen) atoms. The molecule has 0 bridgehead atoms. The van der Waals surface area contributed by atoms with Crippen LogP contribution in [0.1, 0.15) is 42.7 Å². The Morgan fingerprint density at radius 3 is 2.50 bits per heavy atom. The normalized spacial score (nSPS) is 11.8. The SMILES string of the molecule is Cc1cc(C(=O)COC(=O)c2ccc(NC(=O)c3ccco3)cc2)c(C)n1-c1ccc2c(c1)OCO2. The van der Waals surface area contributed by atoms with Gasteiger partial charge in [-0.3, -0.25) is 9.59 Å². The number of hydrogen-bond donors (Lipinski definition) is 1. The predicted molar refractivity (Wildman–Crippen MR) is 129 cm³/mol. The first-order valence-electron chi connectivity index (χ1n) is 11.1. The maximum Gasteiger partial charge on any atom is 0.338 e. The van der Waals surface area contributed by atoms with E-state index in [1.54, 1.807) is 30.3 Å². The molecular weight excluding hydrogens is 464 g/mol. The van der Waals surface area contributed by atoms with Crippen molar-refractivity contribution in [2.75, 3.05) is 18.7 Å². The van der Waals surface area contributed by atoms with Gasteiger partial charge in [0.2, 0.25) is 12.6 Å². The smallest absolute Gasteiger partial charge is 0.338 e. The Hall–Kier alpha value is -4.79. The molecule has 1 aliphatic heterocycles.